The molecule has 3 heteroatoms. The second-order valence-corrected chi connectivity index (χ2v) is 5.17. The normalized spacial score (nSPS) is 20.6. The van der Waals surface area contributed by atoms with Gasteiger partial charge in [0, 0.05) is 32.2 Å². The lowest BCUT2D eigenvalue weighted by molar-refractivity contribution is -0.139. The van der Waals surface area contributed by atoms with Crippen molar-refractivity contribution in [2.45, 2.75) is 25.8 Å². The van der Waals surface area contributed by atoms with Crippen LogP contribution in [0.1, 0.15) is 24.0 Å². The minimum Gasteiger partial charge on any atom is -0.381 e. The van der Waals surface area contributed by atoms with Gasteiger partial charge in [0.2, 0.25) is 5.91 Å². The summed E-state index contributed by atoms with van der Waals surface area (Å²) in [6, 6.07) is 8.44. The zero-order valence-electron chi connectivity index (χ0n) is 10.6. The van der Waals surface area contributed by atoms with Gasteiger partial charge >= 0.3 is 0 Å². The Morgan fingerprint density at radius 2 is 1.89 bits per heavy atom. The molecule has 18 heavy (non-hydrogen) atoms. The molecule has 2 heterocycles. The smallest absolute Gasteiger partial charge is 0.226 e. The molecule has 1 aromatic carbocycles. The highest BCUT2D eigenvalue weighted by Crippen LogP contribution is 2.23. The molecule has 0 saturated carbocycles. The van der Waals surface area contributed by atoms with Gasteiger partial charge in [-0.25, -0.2) is 0 Å². The summed E-state index contributed by atoms with van der Waals surface area (Å²) in [7, 11) is 0. The molecule has 3 rings (SSSR count). The first-order valence-electron chi connectivity index (χ1n) is 6.78. The van der Waals surface area contributed by atoms with E-state index < -0.39 is 0 Å². The number of hydrogen-bond acceptors (Lipinski definition) is 2. The van der Waals surface area contributed by atoms with Crippen LogP contribution in [0.2, 0.25) is 0 Å². The third-order valence-electron chi connectivity index (χ3n) is 4.01. The molecule has 1 saturated heterocycles. The number of carbonyl (C=O) groups is 1. The standard InChI is InChI=1S/C15H19NO2/c17-15(13-6-9-18-10-7-13)16-8-5-12-3-1-2-4-14(12)11-16/h1-4,13H,5-11H2. The van der Waals surface area contributed by atoms with Crippen molar-refractivity contribution < 1.29 is 9.53 Å². The topological polar surface area (TPSA) is 29.5 Å². The molecule has 0 aromatic heterocycles. The van der Waals surface area contributed by atoms with Gasteiger partial charge in [-0.1, -0.05) is 24.3 Å². The Kier molecular flexibility index (Phi) is 3.33. The van der Waals surface area contributed by atoms with Crippen molar-refractivity contribution in [1.29, 1.82) is 0 Å². The van der Waals surface area contributed by atoms with Crippen LogP contribution < -0.4 is 0 Å². The number of amides is 1. The van der Waals surface area contributed by atoms with E-state index in [1.165, 1.54) is 11.1 Å². The highest BCUT2D eigenvalue weighted by atomic mass is 16.5. The van der Waals surface area contributed by atoms with Crippen molar-refractivity contribution in [2.75, 3.05) is 19.8 Å². The van der Waals surface area contributed by atoms with Crippen LogP contribution in [0.15, 0.2) is 24.3 Å². The third kappa shape index (κ3) is 2.27. The molecule has 2 aliphatic rings. The molecule has 0 unspecified atom stereocenters. The third-order valence-corrected chi connectivity index (χ3v) is 4.01. The monoisotopic (exact) mass is 245 g/mol. The van der Waals surface area contributed by atoms with Gasteiger partial charge in [-0.15, -0.1) is 0 Å². The lowest BCUT2D eigenvalue weighted by Crippen LogP contribution is -2.41. The van der Waals surface area contributed by atoms with Crippen molar-refractivity contribution in [3.8, 4) is 0 Å². The van der Waals surface area contributed by atoms with Crippen molar-refractivity contribution in [1.82, 2.24) is 4.90 Å². The molecule has 96 valence electrons. The van der Waals surface area contributed by atoms with E-state index in [-0.39, 0.29) is 5.92 Å². The first-order valence-corrected chi connectivity index (χ1v) is 6.78. The van der Waals surface area contributed by atoms with E-state index >= 15 is 0 Å². The molecule has 1 fully saturated rings. The summed E-state index contributed by atoms with van der Waals surface area (Å²) >= 11 is 0. The van der Waals surface area contributed by atoms with Crippen LogP contribution >= 0.6 is 0 Å². The van der Waals surface area contributed by atoms with Crippen molar-refractivity contribution in [3.05, 3.63) is 35.4 Å². The van der Waals surface area contributed by atoms with Crippen molar-refractivity contribution in [2.24, 2.45) is 5.92 Å². The number of benzene rings is 1. The molecular weight excluding hydrogens is 226 g/mol. The van der Waals surface area contributed by atoms with E-state index in [1.54, 1.807) is 0 Å². The van der Waals surface area contributed by atoms with Crippen LogP contribution in [0.4, 0.5) is 0 Å². The molecule has 1 amide bonds. The molecule has 2 aliphatic heterocycles. The fourth-order valence-electron chi connectivity index (χ4n) is 2.89. The predicted octanol–water partition coefficient (Wildman–Crippen LogP) is 2.00. The zero-order valence-corrected chi connectivity index (χ0v) is 10.6. The minimum absolute atomic E-state index is 0.184. The van der Waals surface area contributed by atoms with E-state index in [4.69, 9.17) is 4.74 Å². The molecule has 0 aliphatic carbocycles. The summed E-state index contributed by atoms with van der Waals surface area (Å²) in [5, 5.41) is 0. The highest BCUT2D eigenvalue weighted by molar-refractivity contribution is 5.79. The zero-order chi connectivity index (χ0) is 12.4. The predicted molar refractivity (Wildman–Crippen MR) is 69.1 cm³/mol. The summed E-state index contributed by atoms with van der Waals surface area (Å²) in [6.45, 7) is 3.13. The first kappa shape index (κ1) is 11.7. The molecule has 0 bridgehead atoms. The van der Waals surface area contributed by atoms with Gasteiger partial charge in [-0.2, -0.15) is 0 Å². The molecule has 1 aromatic rings. The van der Waals surface area contributed by atoms with Crippen LogP contribution in [0.3, 0.4) is 0 Å². The molecule has 0 N–H and O–H groups in total. The molecule has 0 spiro atoms. The molecular formula is C15H19NO2. The van der Waals surface area contributed by atoms with Crippen LogP contribution in [0, 0.1) is 5.92 Å². The molecule has 0 atom stereocenters. The summed E-state index contributed by atoms with van der Waals surface area (Å²) in [6.07, 6.45) is 2.76. The lowest BCUT2D eigenvalue weighted by Gasteiger charge is -2.33. The van der Waals surface area contributed by atoms with Gasteiger partial charge < -0.3 is 9.64 Å². The fraction of sp³-hybridized carbons (Fsp3) is 0.533. The Labute approximate surface area is 108 Å². The van der Waals surface area contributed by atoms with Gasteiger partial charge in [0.25, 0.3) is 0 Å². The maximum atomic E-state index is 12.4. The van der Waals surface area contributed by atoms with E-state index in [0.717, 1.165) is 45.6 Å². The van der Waals surface area contributed by atoms with Crippen molar-refractivity contribution >= 4 is 5.91 Å². The number of ether oxygens (including phenoxy) is 1. The van der Waals surface area contributed by atoms with Crippen LogP contribution in [0.25, 0.3) is 0 Å². The average Bonchev–Trinajstić information content (AvgIpc) is 2.47. The van der Waals surface area contributed by atoms with Crippen LogP contribution in [-0.4, -0.2) is 30.6 Å². The average molecular weight is 245 g/mol. The second-order valence-electron chi connectivity index (χ2n) is 5.17. The Morgan fingerprint density at radius 3 is 2.67 bits per heavy atom. The molecule has 0 radical (unpaired) electrons. The summed E-state index contributed by atoms with van der Waals surface area (Å²) in [5.74, 6) is 0.511. The number of fused-ring (bicyclic) bond motifs is 1. The Morgan fingerprint density at radius 1 is 1.17 bits per heavy atom. The van der Waals surface area contributed by atoms with Crippen molar-refractivity contribution in [3.63, 3.8) is 0 Å². The Balaban J connectivity index is 1.69. The lowest BCUT2D eigenvalue weighted by atomic mass is 9.95. The summed E-state index contributed by atoms with van der Waals surface area (Å²) in [5.41, 5.74) is 2.71. The quantitative estimate of drug-likeness (QED) is 0.757. The van der Waals surface area contributed by atoms with Crippen LogP contribution in [0.5, 0.6) is 0 Å². The van der Waals surface area contributed by atoms with E-state index in [0.29, 0.717) is 5.91 Å². The Bertz CT molecular complexity index is 438. The maximum Gasteiger partial charge on any atom is 0.226 e. The van der Waals surface area contributed by atoms with Gasteiger partial charge in [0.1, 0.15) is 0 Å². The van der Waals surface area contributed by atoms with E-state index in [2.05, 4.69) is 24.3 Å². The van der Waals surface area contributed by atoms with E-state index in [9.17, 15) is 4.79 Å². The largest absolute Gasteiger partial charge is 0.381 e. The number of nitrogens with zero attached hydrogens (tertiary/aromatic N) is 1. The highest BCUT2D eigenvalue weighted by Gasteiger charge is 2.28. The number of hydrogen-bond donors (Lipinski definition) is 0. The number of carbonyl (C=O) groups excluding carboxylic acids is 1. The SMILES string of the molecule is O=C(C1CCOCC1)N1CCc2ccccc2C1. The number of rotatable bonds is 1. The van der Waals surface area contributed by atoms with Crippen LogP contribution in [-0.2, 0) is 22.5 Å². The first-order chi connectivity index (χ1) is 8.84. The van der Waals surface area contributed by atoms with Gasteiger partial charge in [-0.3, -0.25) is 4.79 Å². The summed E-state index contributed by atoms with van der Waals surface area (Å²) < 4.78 is 5.32. The minimum atomic E-state index is 0.184. The Hall–Kier alpha value is -1.35. The summed E-state index contributed by atoms with van der Waals surface area (Å²) in [4.78, 5) is 14.5. The van der Waals surface area contributed by atoms with Gasteiger partial charge in [0.05, 0.1) is 0 Å². The second kappa shape index (κ2) is 5.11. The van der Waals surface area contributed by atoms with Gasteiger partial charge in [0.15, 0.2) is 0 Å². The van der Waals surface area contributed by atoms with Gasteiger partial charge in [-0.05, 0) is 30.4 Å². The fourth-order valence-corrected chi connectivity index (χ4v) is 2.89. The maximum absolute atomic E-state index is 12.4. The molecule has 3 nitrogen and oxygen atoms in total. The van der Waals surface area contributed by atoms with E-state index in [1.807, 2.05) is 4.90 Å².